The monoisotopic (exact) mass is 566 g/mol. The molecule has 6 nitrogen and oxygen atoms in total. The first-order valence-electron chi connectivity index (χ1n) is 5.56. The normalized spacial score (nSPS) is 12.4. The van der Waals surface area contributed by atoms with Crippen LogP contribution in [0.4, 0.5) is 0 Å². The highest BCUT2D eigenvalue weighted by molar-refractivity contribution is 14.1. The number of halogens is 2. The predicted octanol–water partition coefficient (Wildman–Crippen LogP) is 3.06. The highest BCUT2D eigenvalue weighted by Gasteiger charge is 2.32. The molecule has 0 saturated heterocycles. The number of benzene rings is 2. The van der Waals surface area contributed by atoms with Gasteiger partial charge in [-0.05, 0) is 56.8 Å². The molecule has 0 aromatic heterocycles. The molecule has 0 spiro atoms. The minimum atomic E-state index is -4.88. The average molecular weight is 566 g/mol. The molecule has 0 aliphatic heterocycles. The summed E-state index contributed by atoms with van der Waals surface area (Å²) in [4.78, 5) is -1.65. The van der Waals surface area contributed by atoms with Crippen molar-refractivity contribution in [2.75, 3.05) is 0 Å². The lowest BCUT2D eigenvalue weighted by atomic mass is 10.1. The fourth-order valence-electron chi connectivity index (χ4n) is 1.90. The zero-order valence-corrected chi connectivity index (χ0v) is 16.5. The maximum Gasteiger partial charge on any atom is 0.297 e. The zero-order chi connectivity index (χ0) is 16.7. The van der Waals surface area contributed by atoms with Gasteiger partial charge in [0.2, 0.25) is 0 Å². The van der Waals surface area contributed by atoms with Gasteiger partial charge in [-0.2, -0.15) is 16.8 Å². The van der Waals surface area contributed by atoms with Gasteiger partial charge in [0.1, 0.15) is 9.79 Å². The molecule has 0 radical (unpaired) electrons. The van der Waals surface area contributed by atoms with Crippen molar-refractivity contribution in [3.63, 3.8) is 0 Å². The lowest BCUT2D eigenvalue weighted by molar-refractivity contribution is 0.466. The van der Waals surface area contributed by atoms with Gasteiger partial charge in [0.25, 0.3) is 20.2 Å². The quantitative estimate of drug-likeness (QED) is 0.437. The van der Waals surface area contributed by atoms with Gasteiger partial charge in [0.15, 0.2) is 0 Å². The van der Waals surface area contributed by atoms with E-state index >= 15 is 0 Å². The fraction of sp³-hybridized carbons (Fsp3) is 0. The molecule has 2 rings (SSSR count). The molecular formula is C12H8I2O6S2. The predicted molar refractivity (Wildman–Crippen MR) is 96.9 cm³/mol. The summed E-state index contributed by atoms with van der Waals surface area (Å²) in [5.41, 5.74) is 0.398. The molecule has 0 amide bonds. The molecule has 22 heavy (non-hydrogen) atoms. The first-order chi connectivity index (χ1) is 10.0. The van der Waals surface area contributed by atoms with Gasteiger partial charge in [0.05, 0.1) is 0 Å². The second kappa shape index (κ2) is 6.32. The third kappa shape index (κ3) is 3.62. The van der Waals surface area contributed by atoms with Crippen molar-refractivity contribution in [1.29, 1.82) is 0 Å². The van der Waals surface area contributed by atoms with E-state index < -0.39 is 30.0 Å². The Balaban J connectivity index is 3.08. The van der Waals surface area contributed by atoms with E-state index in [0.29, 0.717) is 9.13 Å². The van der Waals surface area contributed by atoms with E-state index in [-0.39, 0.29) is 9.13 Å². The molecule has 10 heteroatoms. The van der Waals surface area contributed by atoms with Crippen LogP contribution in [0, 0.1) is 7.14 Å². The Hall–Kier alpha value is -0.280. The summed E-state index contributed by atoms with van der Waals surface area (Å²) in [5, 5.41) is 0. The molecule has 2 aromatic rings. The van der Waals surface area contributed by atoms with Gasteiger partial charge in [0, 0.05) is 12.7 Å². The summed E-state index contributed by atoms with van der Waals surface area (Å²) in [6.45, 7) is 0. The maximum atomic E-state index is 11.7. The second-order valence-corrected chi connectivity index (χ2v) is 9.15. The largest absolute Gasteiger partial charge is 0.297 e. The number of rotatable bonds is 3. The smallest absolute Gasteiger partial charge is 0.282 e. The van der Waals surface area contributed by atoms with Crippen molar-refractivity contribution in [3.8, 4) is 11.1 Å². The molecule has 0 aliphatic carbocycles. The highest BCUT2D eigenvalue weighted by Crippen LogP contribution is 2.38. The molecule has 118 valence electrons. The molecule has 0 bridgehead atoms. The van der Waals surface area contributed by atoms with Crippen molar-refractivity contribution >= 4 is 65.4 Å². The Morgan fingerprint density at radius 3 is 1.77 bits per heavy atom. The Bertz CT molecular complexity index is 937. The van der Waals surface area contributed by atoms with Crippen molar-refractivity contribution in [2.45, 2.75) is 9.79 Å². The molecular weight excluding hydrogens is 558 g/mol. The summed E-state index contributed by atoms with van der Waals surface area (Å²) in [6.07, 6.45) is 0. The summed E-state index contributed by atoms with van der Waals surface area (Å²) in [5.74, 6) is 0. The minimum absolute atomic E-state index is 0.000501. The van der Waals surface area contributed by atoms with E-state index in [1.54, 1.807) is 52.9 Å². The molecule has 0 unspecified atom stereocenters. The van der Waals surface area contributed by atoms with Crippen LogP contribution in [0.3, 0.4) is 0 Å². The number of hydrogen-bond donors (Lipinski definition) is 2. The van der Waals surface area contributed by atoms with Crippen molar-refractivity contribution in [3.05, 3.63) is 43.5 Å². The Labute approximate surface area is 154 Å². The van der Waals surface area contributed by atoms with E-state index in [2.05, 4.69) is 0 Å². The van der Waals surface area contributed by atoms with Crippen LogP contribution in [0.25, 0.3) is 11.1 Å². The molecule has 0 aliphatic rings. The van der Waals surface area contributed by atoms with Crippen molar-refractivity contribution in [2.24, 2.45) is 0 Å². The first-order valence-corrected chi connectivity index (χ1v) is 10.6. The van der Waals surface area contributed by atoms with Gasteiger partial charge in [-0.25, -0.2) is 0 Å². The standard InChI is InChI=1S/C12H8I2O6S2/c13-9-6-8(7-4-2-1-3-5-7)11(21(15,16)17)12(10(9)14)22(18,19)20/h1-6H,(H,15,16,17)(H,18,19,20). The molecule has 0 heterocycles. The average Bonchev–Trinajstić information content (AvgIpc) is 2.39. The lowest BCUT2D eigenvalue weighted by Crippen LogP contribution is -2.13. The van der Waals surface area contributed by atoms with Gasteiger partial charge >= 0.3 is 0 Å². The molecule has 2 N–H and O–H groups in total. The maximum absolute atomic E-state index is 11.7. The third-order valence-electron chi connectivity index (χ3n) is 2.73. The van der Waals surface area contributed by atoms with Gasteiger partial charge in [-0.15, -0.1) is 0 Å². The van der Waals surface area contributed by atoms with Crippen LogP contribution in [-0.2, 0) is 20.2 Å². The van der Waals surface area contributed by atoms with Crippen LogP contribution >= 0.6 is 45.2 Å². The summed E-state index contributed by atoms with van der Waals surface area (Å²) < 4.78 is 66.1. The van der Waals surface area contributed by atoms with Crippen LogP contribution in [0.1, 0.15) is 0 Å². The van der Waals surface area contributed by atoms with Gasteiger partial charge in [-0.3, -0.25) is 9.11 Å². The van der Waals surface area contributed by atoms with Crippen LogP contribution in [0.5, 0.6) is 0 Å². The fourth-order valence-corrected chi connectivity index (χ4v) is 6.22. The Morgan fingerprint density at radius 1 is 0.818 bits per heavy atom. The highest BCUT2D eigenvalue weighted by atomic mass is 127. The van der Waals surface area contributed by atoms with E-state index in [4.69, 9.17) is 0 Å². The third-order valence-corrected chi connectivity index (χ3v) is 8.09. The first kappa shape index (κ1) is 18.1. The number of hydrogen-bond acceptors (Lipinski definition) is 4. The van der Waals surface area contributed by atoms with E-state index in [9.17, 15) is 25.9 Å². The van der Waals surface area contributed by atoms with Crippen molar-refractivity contribution in [1.82, 2.24) is 0 Å². The van der Waals surface area contributed by atoms with E-state index in [1.165, 1.54) is 6.07 Å². The molecule has 2 aromatic carbocycles. The summed E-state index contributed by atoms with van der Waals surface area (Å²) in [6, 6.07) is 9.57. The van der Waals surface area contributed by atoms with Crippen LogP contribution < -0.4 is 0 Å². The topological polar surface area (TPSA) is 109 Å². The molecule has 0 saturated carbocycles. The zero-order valence-electron chi connectivity index (χ0n) is 10.6. The van der Waals surface area contributed by atoms with E-state index in [1.807, 2.05) is 22.6 Å². The summed E-state index contributed by atoms with van der Waals surface area (Å²) >= 11 is 3.44. The van der Waals surface area contributed by atoms with E-state index in [0.717, 1.165) is 0 Å². The van der Waals surface area contributed by atoms with Crippen LogP contribution in [0.15, 0.2) is 46.2 Å². The van der Waals surface area contributed by atoms with Crippen molar-refractivity contribution < 1.29 is 25.9 Å². The summed E-state index contributed by atoms with van der Waals surface area (Å²) in [7, 11) is -9.73. The minimum Gasteiger partial charge on any atom is -0.282 e. The Kier molecular flexibility index (Phi) is 5.19. The molecule has 0 fully saturated rings. The second-order valence-electron chi connectivity index (χ2n) is 4.19. The lowest BCUT2D eigenvalue weighted by Gasteiger charge is -2.14. The van der Waals surface area contributed by atoms with Crippen LogP contribution in [-0.4, -0.2) is 25.9 Å². The van der Waals surface area contributed by atoms with Gasteiger partial charge < -0.3 is 0 Å². The molecule has 0 atom stereocenters. The van der Waals surface area contributed by atoms with Crippen LogP contribution in [0.2, 0.25) is 0 Å². The van der Waals surface area contributed by atoms with Gasteiger partial charge in [-0.1, -0.05) is 30.3 Å². The Morgan fingerprint density at radius 2 is 1.32 bits per heavy atom. The SMILES string of the molecule is O=S(=O)(O)c1c(-c2ccccc2)cc(I)c(I)c1S(=O)(=O)O.